The lowest BCUT2D eigenvalue weighted by atomic mass is 10.1. The average Bonchev–Trinajstić information content (AvgIpc) is 3.15. The van der Waals surface area contributed by atoms with Crippen molar-refractivity contribution < 1.29 is 35.8 Å². The van der Waals surface area contributed by atoms with E-state index in [0.29, 0.717) is 12.8 Å². The third-order valence-corrected chi connectivity index (χ3v) is 4.24. The van der Waals surface area contributed by atoms with Crippen LogP contribution in [0.2, 0.25) is 0 Å². The average molecular weight is 413 g/mol. The molecule has 2 N–H and O–H groups in total. The van der Waals surface area contributed by atoms with Crippen LogP contribution in [-0.4, -0.2) is 50.7 Å². The quantitative estimate of drug-likeness (QED) is 0.702. The summed E-state index contributed by atoms with van der Waals surface area (Å²) in [5.74, 6) is 0.00270. The summed E-state index contributed by atoms with van der Waals surface area (Å²) in [6, 6.07) is 0. The number of nitrogens with zero attached hydrogens (tertiary/aromatic N) is 4. The number of imidazole rings is 1. The molecule has 1 aliphatic carbocycles. The van der Waals surface area contributed by atoms with Crippen molar-refractivity contribution in [1.29, 1.82) is 0 Å². The lowest BCUT2D eigenvalue weighted by molar-refractivity contribution is -0.206. The highest BCUT2D eigenvalue weighted by molar-refractivity contribution is 5.77. The third kappa shape index (κ3) is 4.94. The van der Waals surface area contributed by atoms with E-state index in [-0.39, 0.29) is 29.5 Å². The predicted molar refractivity (Wildman–Crippen MR) is 84.5 cm³/mol. The van der Waals surface area contributed by atoms with Gasteiger partial charge in [-0.2, -0.15) is 36.3 Å². The van der Waals surface area contributed by atoms with Crippen LogP contribution in [0.15, 0.2) is 6.33 Å². The topological polar surface area (TPSA) is 88.1 Å². The Morgan fingerprint density at radius 2 is 1.75 bits per heavy atom. The molecule has 1 fully saturated rings. The van der Waals surface area contributed by atoms with Crippen molar-refractivity contribution in [2.45, 2.75) is 56.3 Å². The van der Waals surface area contributed by atoms with Gasteiger partial charge in [-0.15, -0.1) is 0 Å². The fourth-order valence-corrected chi connectivity index (χ4v) is 2.98. The van der Waals surface area contributed by atoms with E-state index < -0.39 is 36.9 Å². The van der Waals surface area contributed by atoms with E-state index in [1.165, 1.54) is 18.0 Å². The molecule has 7 nitrogen and oxygen atoms in total. The summed E-state index contributed by atoms with van der Waals surface area (Å²) in [5.41, 5.74) is 4.98. The maximum atomic E-state index is 12.7. The molecule has 0 spiro atoms. The van der Waals surface area contributed by atoms with Crippen LogP contribution in [0.1, 0.15) is 25.7 Å². The molecule has 13 heteroatoms. The number of nitrogens with two attached hydrogens (primary N) is 1. The van der Waals surface area contributed by atoms with Gasteiger partial charge < -0.3 is 19.8 Å². The van der Waals surface area contributed by atoms with E-state index in [4.69, 9.17) is 15.2 Å². The van der Waals surface area contributed by atoms with Crippen LogP contribution in [0.25, 0.3) is 11.2 Å². The van der Waals surface area contributed by atoms with E-state index in [2.05, 4.69) is 15.0 Å². The Morgan fingerprint density at radius 3 is 2.25 bits per heavy atom. The van der Waals surface area contributed by atoms with Gasteiger partial charge in [-0.1, -0.05) is 0 Å². The number of halogens is 6. The number of aromatic nitrogens is 4. The normalized spacial score (nSPS) is 16.7. The summed E-state index contributed by atoms with van der Waals surface area (Å²) in [4.78, 5) is 12.0. The Kier molecular flexibility index (Phi) is 5.06. The number of methoxy groups -OCH3 is 1. The number of hydrogen-bond acceptors (Lipinski definition) is 6. The highest BCUT2D eigenvalue weighted by Gasteiger charge is 2.50. The van der Waals surface area contributed by atoms with E-state index >= 15 is 0 Å². The van der Waals surface area contributed by atoms with E-state index in [1.807, 2.05) is 0 Å². The van der Waals surface area contributed by atoms with Crippen molar-refractivity contribution in [2.24, 2.45) is 0 Å². The molecule has 2 aromatic rings. The van der Waals surface area contributed by atoms with Gasteiger partial charge in [0.25, 0.3) is 0 Å². The largest absolute Gasteiger partial charge is 0.479 e. The molecule has 0 amide bonds. The van der Waals surface area contributed by atoms with Crippen molar-refractivity contribution in [3.63, 3.8) is 0 Å². The number of fused-ring (bicyclic) bond motifs is 1. The fourth-order valence-electron chi connectivity index (χ4n) is 2.98. The first kappa shape index (κ1) is 20.4. The highest BCUT2D eigenvalue weighted by Crippen LogP contribution is 2.45. The van der Waals surface area contributed by atoms with Crippen molar-refractivity contribution in [3.8, 4) is 5.88 Å². The highest BCUT2D eigenvalue weighted by atomic mass is 19.4. The van der Waals surface area contributed by atoms with Crippen molar-refractivity contribution in [2.75, 3.05) is 12.8 Å². The van der Waals surface area contributed by atoms with Gasteiger partial charge in [0, 0.05) is 0 Å². The maximum absolute atomic E-state index is 12.7. The Balaban J connectivity index is 1.81. The van der Waals surface area contributed by atoms with Crippen LogP contribution in [0, 0.1) is 0 Å². The van der Waals surface area contributed by atoms with Gasteiger partial charge in [-0.3, -0.25) is 0 Å². The van der Waals surface area contributed by atoms with Gasteiger partial charge in [0.15, 0.2) is 11.2 Å². The molecule has 1 aliphatic rings. The molecule has 0 atom stereocenters. The number of hydrogen-bond donors (Lipinski definition) is 1. The maximum Gasteiger partial charge on any atom is 0.391 e. The second-order valence-electron chi connectivity index (χ2n) is 6.70. The number of alkyl halides is 6. The molecule has 156 valence electrons. The zero-order valence-corrected chi connectivity index (χ0v) is 14.6. The van der Waals surface area contributed by atoms with Gasteiger partial charge in [-0.25, -0.2) is 4.98 Å². The molecule has 3 rings (SSSR count). The molecule has 0 radical (unpaired) electrons. The summed E-state index contributed by atoms with van der Waals surface area (Å²) >= 11 is 0. The molecule has 0 aromatic carbocycles. The first-order valence-electron chi connectivity index (χ1n) is 8.23. The minimum absolute atomic E-state index is 0.0185. The molecule has 2 heterocycles. The SMILES string of the molecule is COc1nc(N)nc2c1ncn2CC1(OC(CC(F)(F)F)CC(F)(F)F)CC1. The predicted octanol–water partition coefficient (Wildman–Crippen LogP) is 3.24. The van der Waals surface area contributed by atoms with E-state index in [0.717, 1.165) is 0 Å². The van der Waals surface area contributed by atoms with E-state index in [1.54, 1.807) is 0 Å². The standard InChI is InChI=1S/C15H17F6N5O2/c1-27-11-9-10(24-12(22)25-11)26(7-23-9)6-13(2-3-13)28-8(4-14(16,17)18)5-15(19,20)21/h7-8H,2-6H2,1H3,(H2,22,24,25). The Labute approximate surface area is 154 Å². The van der Waals surface area contributed by atoms with Crippen LogP contribution in [0.3, 0.4) is 0 Å². The van der Waals surface area contributed by atoms with Crippen molar-refractivity contribution in [3.05, 3.63) is 6.33 Å². The first-order valence-corrected chi connectivity index (χ1v) is 8.23. The van der Waals surface area contributed by atoms with Crippen LogP contribution < -0.4 is 10.5 Å². The van der Waals surface area contributed by atoms with Gasteiger partial charge in [0.1, 0.15) is 0 Å². The van der Waals surface area contributed by atoms with Crippen LogP contribution >= 0.6 is 0 Å². The van der Waals surface area contributed by atoms with E-state index in [9.17, 15) is 26.3 Å². The molecule has 0 saturated heterocycles. The lowest BCUT2D eigenvalue weighted by Crippen LogP contribution is -2.34. The van der Waals surface area contributed by atoms with Gasteiger partial charge in [0.2, 0.25) is 11.8 Å². The number of nitrogen functional groups attached to an aromatic ring is 1. The van der Waals surface area contributed by atoms with Gasteiger partial charge in [0.05, 0.1) is 44.5 Å². The summed E-state index contributed by atoms with van der Waals surface area (Å²) < 4.78 is 87.9. The lowest BCUT2D eigenvalue weighted by Gasteiger charge is -2.26. The Morgan fingerprint density at radius 1 is 1.14 bits per heavy atom. The van der Waals surface area contributed by atoms with Crippen LogP contribution in [0.4, 0.5) is 32.3 Å². The second kappa shape index (κ2) is 6.94. The van der Waals surface area contributed by atoms with Crippen LogP contribution in [-0.2, 0) is 11.3 Å². The molecular formula is C15H17F6N5O2. The number of anilines is 1. The molecule has 0 unspecified atom stereocenters. The summed E-state index contributed by atoms with van der Waals surface area (Å²) in [6.45, 7) is -0.0185. The summed E-state index contributed by atoms with van der Waals surface area (Å²) in [6.07, 6.45) is -13.0. The van der Waals surface area contributed by atoms with Crippen molar-refractivity contribution >= 4 is 17.1 Å². The summed E-state index contributed by atoms with van der Waals surface area (Å²) in [5, 5.41) is 0. The zero-order chi connectivity index (χ0) is 20.7. The molecule has 0 aliphatic heterocycles. The first-order chi connectivity index (χ1) is 12.9. The van der Waals surface area contributed by atoms with Gasteiger partial charge >= 0.3 is 12.4 Å². The molecule has 28 heavy (non-hydrogen) atoms. The minimum Gasteiger partial charge on any atom is -0.479 e. The molecular weight excluding hydrogens is 396 g/mol. The minimum atomic E-state index is -4.78. The summed E-state index contributed by atoms with van der Waals surface area (Å²) in [7, 11) is 1.35. The van der Waals surface area contributed by atoms with Crippen LogP contribution in [0.5, 0.6) is 5.88 Å². The molecule has 2 aromatic heterocycles. The number of rotatable bonds is 7. The number of ether oxygens (including phenoxy) is 2. The van der Waals surface area contributed by atoms with Crippen molar-refractivity contribution in [1.82, 2.24) is 19.5 Å². The Bertz CT molecular complexity index is 830. The smallest absolute Gasteiger partial charge is 0.391 e. The Hall–Kier alpha value is -2.31. The second-order valence-corrected chi connectivity index (χ2v) is 6.70. The monoisotopic (exact) mass is 413 g/mol. The molecule has 0 bridgehead atoms. The van der Waals surface area contributed by atoms with Gasteiger partial charge in [-0.05, 0) is 12.8 Å². The zero-order valence-electron chi connectivity index (χ0n) is 14.6. The molecule has 1 saturated carbocycles. The third-order valence-electron chi connectivity index (χ3n) is 4.24. The fraction of sp³-hybridized carbons (Fsp3) is 0.667.